The molecule has 1 saturated heterocycles. The summed E-state index contributed by atoms with van der Waals surface area (Å²) in [5, 5.41) is 6.05. The van der Waals surface area contributed by atoms with Crippen LogP contribution < -0.4 is 20.3 Å². The maximum atomic E-state index is 12.3. The predicted molar refractivity (Wildman–Crippen MR) is 96.8 cm³/mol. The molecule has 3 amide bonds. The summed E-state index contributed by atoms with van der Waals surface area (Å²) < 4.78 is 5.22. The minimum atomic E-state index is -0.169. The molecule has 0 radical (unpaired) electrons. The van der Waals surface area contributed by atoms with E-state index in [2.05, 4.69) is 17.6 Å². The second-order valence-electron chi connectivity index (χ2n) is 7.09. The normalized spacial score (nSPS) is 26.4. The van der Waals surface area contributed by atoms with Crippen LogP contribution in [0.15, 0.2) is 24.3 Å². The van der Waals surface area contributed by atoms with Gasteiger partial charge in [-0.15, -0.1) is 0 Å². The molecule has 3 rings (SSSR count). The Morgan fingerprint density at radius 2 is 2.04 bits per heavy atom. The number of rotatable bonds is 4. The van der Waals surface area contributed by atoms with E-state index in [1.807, 2.05) is 24.3 Å². The quantitative estimate of drug-likeness (QED) is 0.881. The summed E-state index contributed by atoms with van der Waals surface area (Å²) in [4.78, 5) is 26.3. The third-order valence-corrected chi connectivity index (χ3v) is 5.25. The standard InChI is InChI=1S/C19H27N3O3/c1-13-6-3-4-9-17(13)21-19(24)20-14-10-18(23)22(12-14)15-7-5-8-16(11-15)25-2/h5,7-8,11,13-14,17H,3-4,6,9-10,12H2,1-2H3,(H2,20,21,24). The molecule has 2 fully saturated rings. The first-order valence-corrected chi connectivity index (χ1v) is 9.08. The van der Waals surface area contributed by atoms with Crippen LogP contribution in [0.25, 0.3) is 0 Å². The lowest BCUT2D eigenvalue weighted by atomic mass is 9.86. The van der Waals surface area contributed by atoms with Crippen LogP contribution in [0, 0.1) is 5.92 Å². The van der Waals surface area contributed by atoms with Gasteiger partial charge in [-0.2, -0.15) is 0 Å². The van der Waals surface area contributed by atoms with Gasteiger partial charge in [-0.1, -0.05) is 25.8 Å². The molecule has 3 atom stereocenters. The Morgan fingerprint density at radius 1 is 1.24 bits per heavy atom. The van der Waals surface area contributed by atoms with E-state index in [4.69, 9.17) is 4.74 Å². The molecule has 1 heterocycles. The molecule has 0 spiro atoms. The molecule has 0 aromatic heterocycles. The van der Waals surface area contributed by atoms with Gasteiger partial charge in [-0.3, -0.25) is 4.79 Å². The summed E-state index contributed by atoms with van der Waals surface area (Å²) in [6.07, 6.45) is 4.93. The van der Waals surface area contributed by atoms with Crippen molar-refractivity contribution in [1.29, 1.82) is 0 Å². The van der Waals surface area contributed by atoms with E-state index in [0.29, 0.717) is 24.6 Å². The molecule has 0 bridgehead atoms. The summed E-state index contributed by atoms with van der Waals surface area (Å²) in [6, 6.07) is 7.33. The van der Waals surface area contributed by atoms with E-state index < -0.39 is 0 Å². The molecule has 3 unspecified atom stereocenters. The lowest BCUT2D eigenvalue weighted by molar-refractivity contribution is -0.117. The van der Waals surface area contributed by atoms with Crippen LogP contribution in [0.3, 0.4) is 0 Å². The molecule has 136 valence electrons. The second-order valence-corrected chi connectivity index (χ2v) is 7.09. The smallest absolute Gasteiger partial charge is 0.315 e. The molecular weight excluding hydrogens is 318 g/mol. The highest BCUT2D eigenvalue weighted by Crippen LogP contribution is 2.26. The van der Waals surface area contributed by atoms with Gasteiger partial charge in [0.05, 0.1) is 13.2 Å². The minimum absolute atomic E-state index is 0.0181. The van der Waals surface area contributed by atoms with Crippen LogP contribution in [0.2, 0.25) is 0 Å². The Morgan fingerprint density at radius 3 is 2.80 bits per heavy atom. The van der Waals surface area contributed by atoms with Crippen LogP contribution >= 0.6 is 0 Å². The molecule has 6 heteroatoms. The third-order valence-electron chi connectivity index (χ3n) is 5.25. The number of nitrogens with one attached hydrogen (secondary N) is 2. The summed E-state index contributed by atoms with van der Waals surface area (Å²) in [5.41, 5.74) is 0.801. The lowest BCUT2D eigenvalue weighted by Crippen LogP contribution is -2.49. The first-order chi connectivity index (χ1) is 12.1. The molecule has 25 heavy (non-hydrogen) atoms. The van der Waals surface area contributed by atoms with E-state index in [0.717, 1.165) is 18.5 Å². The van der Waals surface area contributed by atoms with Crippen LogP contribution in [0.4, 0.5) is 10.5 Å². The van der Waals surface area contributed by atoms with Gasteiger partial charge in [0.25, 0.3) is 0 Å². The average Bonchev–Trinajstić information content (AvgIpc) is 2.97. The van der Waals surface area contributed by atoms with Gasteiger partial charge >= 0.3 is 6.03 Å². The SMILES string of the molecule is COc1cccc(N2CC(NC(=O)NC3CCCCC3C)CC2=O)c1. The number of benzene rings is 1. The van der Waals surface area contributed by atoms with Gasteiger partial charge in [0, 0.05) is 30.8 Å². The highest BCUT2D eigenvalue weighted by atomic mass is 16.5. The van der Waals surface area contributed by atoms with E-state index in [-0.39, 0.29) is 24.0 Å². The van der Waals surface area contributed by atoms with Crippen LogP contribution in [0.5, 0.6) is 5.75 Å². The summed E-state index contributed by atoms with van der Waals surface area (Å²) in [6.45, 7) is 2.67. The van der Waals surface area contributed by atoms with Crippen molar-refractivity contribution in [3.8, 4) is 5.75 Å². The molecule has 1 aliphatic heterocycles. The van der Waals surface area contributed by atoms with Gasteiger partial charge in [0.2, 0.25) is 5.91 Å². The zero-order valence-corrected chi connectivity index (χ0v) is 15.0. The fourth-order valence-corrected chi connectivity index (χ4v) is 3.76. The van der Waals surface area contributed by atoms with E-state index in [9.17, 15) is 9.59 Å². The van der Waals surface area contributed by atoms with Gasteiger partial charge < -0.3 is 20.3 Å². The number of nitrogens with zero attached hydrogens (tertiary/aromatic N) is 1. The van der Waals surface area contributed by atoms with Crippen molar-refractivity contribution in [2.24, 2.45) is 5.92 Å². The Labute approximate surface area is 148 Å². The molecule has 1 saturated carbocycles. The van der Waals surface area contributed by atoms with Gasteiger partial charge in [0.15, 0.2) is 0 Å². The summed E-state index contributed by atoms with van der Waals surface area (Å²) in [7, 11) is 1.60. The van der Waals surface area contributed by atoms with Crippen LogP contribution in [0.1, 0.15) is 39.0 Å². The Kier molecular flexibility index (Phi) is 5.46. The molecule has 1 aliphatic carbocycles. The summed E-state index contributed by atoms with van der Waals surface area (Å²) >= 11 is 0. The first kappa shape index (κ1) is 17.6. The lowest BCUT2D eigenvalue weighted by Gasteiger charge is -2.30. The second kappa shape index (κ2) is 7.76. The fourth-order valence-electron chi connectivity index (χ4n) is 3.76. The zero-order valence-electron chi connectivity index (χ0n) is 15.0. The predicted octanol–water partition coefficient (Wildman–Crippen LogP) is 2.68. The van der Waals surface area contributed by atoms with Crippen molar-refractivity contribution in [3.05, 3.63) is 24.3 Å². The molecule has 1 aromatic carbocycles. The number of hydrogen-bond donors (Lipinski definition) is 2. The number of carbonyl (C=O) groups is 2. The fraction of sp³-hybridized carbons (Fsp3) is 0.579. The number of anilines is 1. The number of carbonyl (C=O) groups excluding carboxylic acids is 2. The van der Waals surface area contributed by atoms with Gasteiger partial charge in [-0.25, -0.2) is 4.79 Å². The Balaban J connectivity index is 1.56. The highest BCUT2D eigenvalue weighted by molar-refractivity contribution is 5.97. The van der Waals surface area contributed by atoms with Gasteiger partial charge in [-0.05, 0) is 30.9 Å². The van der Waals surface area contributed by atoms with Crippen molar-refractivity contribution in [1.82, 2.24) is 10.6 Å². The Bertz CT molecular complexity index is 634. The van der Waals surface area contributed by atoms with Crippen LogP contribution in [-0.4, -0.2) is 37.7 Å². The van der Waals surface area contributed by atoms with Crippen molar-refractivity contribution in [2.75, 3.05) is 18.6 Å². The van der Waals surface area contributed by atoms with Crippen LogP contribution in [-0.2, 0) is 4.79 Å². The number of ether oxygens (including phenoxy) is 1. The number of methoxy groups -OCH3 is 1. The maximum Gasteiger partial charge on any atom is 0.315 e. The highest BCUT2D eigenvalue weighted by Gasteiger charge is 2.32. The topological polar surface area (TPSA) is 70.7 Å². The molecular formula is C19H27N3O3. The van der Waals surface area contributed by atoms with E-state index in [1.165, 1.54) is 12.8 Å². The van der Waals surface area contributed by atoms with Crippen molar-refractivity contribution in [2.45, 2.75) is 51.1 Å². The van der Waals surface area contributed by atoms with Crippen molar-refractivity contribution >= 4 is 17.6 Å². The van der Waals surface area contributed by atoms with Crippen molar-refractivity contribution < 1.29 is 14.3 Å². The monoisotopic (exact) mass is 345 g/mol. The first-order valence-electron chi connectivity index (χ1n) is 9.08. The molecule has 2 aliphatic rings. The summed E-state index contributed by atoms with van der Waals surface area (Å²) in [5.74, 6) is 1.24. The maximum absolute atomic E-state index is 12.3. The third kappa shape index (κ3) is 4.24. The van der Waals surface area contributed by atoms with Crippen molar-refractivity contribution in [3.63, 3.8) is 0 Å². The number of urea groups is 1. The number of amides is 3. The average molecular weight is 345 g/mol. The largest absolute Gasteiger partial charge is 0.497 e. The molecule has 6 nitrogen and oxygen atoms in total. The number of hydrogen-bond acceptors (Lipinski definition) is 3. The van der Waals surface area contributed by atoms with Gasteiger partial charge in [0.1, 0.15) is 5.75 Å². The molecule has 1 aromatic rings. The Hall–Kier alpha value is -2.24. The van der Waals surface area contributed by atoms with E-state index in [1.54, 1.807) is 12.0 Å². The minimum Gasteiger partial charge on any atom is -0.497 e. The van der Waals surface area contributed by atoms with E-state index >= 15 is 0 Å². The molecule has 2 N–H and O–H groups in total. The zero-order chi connectivity index (χ0) is 17.8.